The van der Waals surface area contributed by atoms with Gasteiger partial charge in [-0.05, 0) is 19.4 Å². The summed E-state index contributed by atoms with van der Waals surface area (Å²) in [6.07, 6.45) is 3.93. The van der Waals surface area contributed by atoms with Crippen LogP contribution in [0.4, 0.5) is 0 Å². The average molecular weight is 229 g/mol. The molecule has 0 saturated carbocycles. The van der Waals surface area contributed by atoms with E-state index in [1.807, 2.05) is 24.1 Å². The van der Waals surface area contributed by atoms with Crippen molar-refractivity contribution in [1.82, 2.24) is 15.1 Å². The van der Waals surface area contributed by atoms with Crippen molar-refractivity contribution >= 4 is 0 Å². The highest BCUT2D eigenvalue weighted by Gasteiger charge is 2.04. The normalized spacial score (nSPS) is 12.6. The van der Waals surface area contributed by atoms with E-state index in [1.165, 1.54) is 16.7 Å². The van der Waals surface area contributed by atoms with Crippen LogP contribution in [0.5, 0.6) is 0 Å². The van der Waals surface area contributed by atoms with Crippen LogP contribution >= 0.6 is 0 Å². The fourth-order valence-corrected chi connectivity index (χ4v) is 1.81. The minimum atomic E-state index is 0.357. The van der Waals surface area contributed by atoms with E-state index in [4.69, 9.17) is 0 Å². The van der Waals surface area contributed by atoms with E-state index >= 15 is 0 Å². The standard InChI is InChI=1S/C14H19N3/c1-11-4-6-14(7-5-11)12(2)15-8-13-9-16-17(3)10-13/h4-7,9-10,12,15H,8H2,1-3H3/t12-/m1/s1. The van der Waals surface area contributed by atoms with Crippen LogP contribution in [0.2, 0.25) is 0 Å². The van der Waals surface area contributed by atoms with Gasteiger partial charge in [0.2, 0.25) is 0 Å². The van der Waals surface area contributed by atoms with Crippen LogP contribution in [0.1, 0.15) is 29.7 Å². The van der Waals surface area contributed by atoms with Gasteiger partial charge in [0.05, 0.1) is 6.20 Å². The molecular formula is C14H19N3. The molecule has 1 N–H and O–H groups in total. The maximum atomic E-state index is 4.16. The first-order chi connectivity index (χ1) is 8.15. The topological polar surface area (TPSA) is 29.9 Å². The third kappa shape index (κ3) is 3.17. The Bertz CT molecular complexity index is 470. The number of hydrogen-bond donors (Lipinski definition) is 1. The highest BCUT2D eigenvalue weighted by atomic mass is 15.2. The van der Waals surface area contributed by atoms with Gasteiger partial charge in [-0.1, -0.05) is 29.8 Å². The Morgan fingerprint density at radius 1 is 1.29 bits per heavy atom. The van der Waals surface area contributed by atoms with Gasteiger partial charge in [0.15, 0.2) is 0 Å². The Kier molecular flexibility index (Phi) is 3.59. The van der Waals surface area contributed by atoms with E-state index in [9.17, 15) is 0 Å². The largest absolute Gasteiger partial charge is 0.306 e. The molecule has 0 fully saturated rings. The van der Waals surface area contributed by atoms with E-state index in [1.54, 1.807) is 0 Å². The first-order valence-corrected chi connectivity index (χ1v) is 5.92. The van der Waals surface area contributed by atoms with Gasteiger partial charge >= 0.3 is 0 Å². The number of aromatic nitrogens is 2. The smallest absolute Gasteiger partial charge is 0.0534 e. The van der Waals surface area contributed by atoms with Gasteiger partial charge in [-0.2, -0.15) is 5.10 Å². The lowest BCUT2D eigenvalue weighted by atomic mass is 10.1. The molecule has 0 radical (unpaired) electrons. The van der Waals surface area contributed by atoms with Gasteiger partial charge in [0.1, 0.15) is 0 Å². The summed E-state index contributed by atoms with van der Waals surface area (Å²) in [6.45, 7) is 5.14. The Hall–Kier alpha value is -1.61. The lowest BCUT2D eigenvalue weighted by Crippen LogP contribution is -2.17. The highest BCUT2D eigenvalue weighted by Crippen LogP contribution is 2.13. The van der Waals surface area contributed by atoms with Gasteiger partial charge in [0.25, 0.3) is 0 Å². The summed E-state index contributed by atoms with van der Waals surface area (Å²) >= 11 is 0. The molecule has 0 bridgehead atoms. The number of hydrogen-bond acceptors (Lipinski definition) is 2. The number of benzene rings is 1. The zero-order chi connectivity index (χ0) is 12.3. The summed E-state index contributed by atoms with van der Waals surface area (Å²) in [6, 6.07) is 9.01. The monoisotopic (exact) mass is 229 g/mol. The summed E-state index contributed by atoms with van der Waals surface area (Å²) in [7, 11) is 1.94. The second-order valence-corrected chi connectivity index (χ2v) is 4.54. The molecule has 3 nitrogen and oxygen atoms in total. The highest BCUT2D eigenvalue weighted by molar-refractivity contribution is 5.23. The van der Waals surface area contributed by atoms with Crippen LogP contribution in [-0.4, -0.2) is 9.78 Å². The van der Waals surface area contributed by atoms with Crippen LogP contribution in [0.3, 0.4) is 0 Å². The molecule has 3 heteroatoms. The third-order valence-corrected chi connectivity index (χ3v) is 2.95. The molecular weight excluding hydrogens is 210 g/mol. The van der Waals surface area contributed by atoms with Crippen molar-refractivity contribution in [3.63, 3.8) is 0 Å². The van der Waals surface area contributed by atoms with E-state index < -0.39 is 0 Å². The van der Waals surface area contributed by atoms with Crippen LogP contribution in [0, 0.1) is 6.92 Å². The first-order valence-electron chi connectivity index (χ1n) is 5.92. The van der Waals surface area contributed by atoms with Crippen molar-refractivity contribution in [3.05, 3.63) is 53.3 Å². The van der Waals surface area contributed by atoms with Gasteiger partial charge in [-0.15, -0.1) is 0 Å². The van der Waals surface area contributed by atoms with E-state index in [0.717, 1.165) is 6.54 Å². The summed E-state index contributed by atoms with van der Waals surface area (Å²) in [4.78, 5) is 0. The molecule has 2 rings (SSSR count). The number of aryl methyl sites for hydroxylation is 2. The minimum absolute atomic E-state index is 0.357. The number of rotatable bonds is 4. The fraction of sp³-hybridized carbons (Fsp3) is 0.357. The maximum absolute atomic E-state index is 4.16. The summed E-state index contributed by atoms with van der Waals surface area (Å²) in [5, 5.41) is 7.65. The van der Waals surface area contributed by atoms with Crippen LogP contribution < -0.4 is 5.32 Å². The molecule has 90 valence electrons. The van der Waals surface area contributed by atoms with Gasteiger partial charge in [0, 0.05) is 31.4 Å². The maximum Gasteiger partial charge on any atom is 0.0534 e. The fourth-order valence-electron chi connectivity index (χ4n) is 1.81. The summed E-state index contributed by atoms with van der Waals surface area (Å²) in [5.74, 6) is 0. The lowest BCUT2D eigenvalue weighted by molar-refractivity contribution is 0.574. The third-order valence-electron chi connectivity index (χ3n) is 2.95. The van der Waals surface area contributed by atoms with Crippen LogP contribution in [-0.2, 0) is 13.6 Å². The second-order valence-electron chi connectivity index (χ2n) is 4.54. The van der Waals surface area contributed by atoms with Crippen molar-refractivity contribution in [2.24, 2.45) is 7.05 Å². The average Bonchev–Trinajstić information content (AvgIpc) is 2.73. The molecule has 0 saturated heterocycles. The van der Waals surface area contributed by atoms with Gasteiger partial charge < -0.3 is 5.32 Å². The molecule has 1 heterocycles. The number of nitrogens with one attached hydrogen (secondary N) is 1. The van der Waals surface area contributed by atoms with E-state index in [0.29, 0.717) is 6.04 Å². The quantitative estimate of drug-likeness (QED) is 0.873. The van der Waals surface area contributed by atoms with Crippen molar-refractivity contribution in [2.75, 3.05) is 0 Å². The molecule has 1 aromatic carbocycles. The van der Waals surface area contributed by atoms with Crippen molar-refractivity contribution in [3.8, 4) is 0 Å². The zero-order valence-corrected chi connectivity index (χ0v) is 10.6. The van der Waals surface area contributed by atoms with Crippen molar-refractivity contribution < 1.29 is 0 Å². The summed E-state index contributed by atoms with van der Waals surface area (Å²) in [5.41, 5.74) is 3.83. The van der Waals surface area contributed by atoms with Gasteiger partial charge in [-0.25, -0.2) is 0 Å². The Labute approximate surface area is 102 Å². The van der Waals surface area contributed by atoms with Gasteiger partial charge in [-0.3, -0.25) is 4.68 Å². The predicted molar refractivity (Wildman–Crippen MR) is 69.6 cm³/mol. The van der Waals surface area contributed by atoms with E-state index in [2.05, 4.69) is 48.5 Å². The van der Waals surface area contributed by atoms with Crippen LogP contribution in [0.15, 0.2) is 36.7 Å². The molecule has 2 aromatic rings. The van der Waals surface area contributed by atoms with E-state index in [-0.39, 0.29) is 0 Å². The first kappa shape index (κ1) is 11.9. The Morgan fingerprint density at radius 2 is 2.00 bits per heavy atom. The molecule has 0 aliphatic rings. The molecule has 1 atom stereocenters. The van der Waals surface area contributed by atoms with Crippen molar-refractivity contribution in [1.29, 1.82) is 0 Å². The molecule has 0 unspecified atom stereocenters. The molecule has 0 aliphatic carbocycles. The molecule has 0 amide bonds. The lowest BCUT2D eigenvalue weighted by Gasteiger charge is -2.13. The molecule has 0 aliphatic heterocycles. The number of nitrogens with zero attached hydrogens (tertiary/aromatic N) is 2. The molecule has 17 heavy (non-hydrogen) atoms. The Morgan fingerprint density at radius 3 is 2.59 bits per heavy atom. The Balaban J connectivity index is 1.93. The van der Waals surface area contributed by atoms with Crippen LogP contribution in [0.25, 0.3) is 0 Å². The predicted octanol–water partition coefficient (Wildman–Crippen LogP) is 2.58. The zero-order valence-electron chi connectivity index (χ0n) is 10.6. The molecule has 0 spiro atoms. The van der Waals surface area contributed by atoms with Crippen molar-refractivity contribution in [2.45, 2.75) is 26.4 Å². The SMILES string of the molecule is Cc1ccc([C@@H](C)NCc2cnn(C)c2)cc1. The minimum Gasteiger partial charge on any atom is -0.306 e. The molecule has 1 aromatic heterocycles. The second kappa shape index (κ2) is 5.15. The summed E-state index contributed by atoms with van der Waals surface area (Å²) < 4.78 is 1.83.